The average molecular weight is 351 g/mol. The molecule has 1 heterocycles. The Kier molecular flexibility index (Phi) is 4.98. The van der Waals surface area contributed by atoms with E-state index in [1.54, 1.807) is 36.4 Å². The minimum Gasteiger partial charge on any atom is -0.465 e. The highest BCUT2D eigenvalue weighted by Crippen LogP contribution is 2.18. The number of amides is 1. The molecular weight excluding hydrogens is 337 g/mol. The van der Waals surface area contributed by atoms with Gasteiger partial charge in [-0.2, -0.15) is 0 Å². The summed E-state index contributed by atoms with van der Waals surface area (Å²) < 4.78 is 18.0. The van der Waals surface area contributed by atoms with E-state index in [1.807, 2.05) is 0 Å². The van der Waals surface area contributed by atoms with Crippen LogP contribution in [0.1, 0.15) is 20.7 Å². The number of aromatic nitrogens is 2. The van der Waals surface area contributed by atoms with E-state index < -0.39 is 17.7 Å². The van der Waals surface area contributed by atoms with E-state index in [9.17, 15) is 14.0 Å². The molecule has 0 fully saturated rings. The van der Waals surface area contributed by atoms with Crippen molar-refractivity contribution in [2.24, 2.45) is 0 Å². The van der Waals surface area contributed by atoms with Gasteiger partial charge in [-0.1, -0.05) is 24.3 Å². The van der Waals surface area contributed by atoms with Crippen LogP contribution in [0.4, 0.5) is 10.1 Å². The molecule has 26 heavy (non-hydrogen) atoms. The second kappa shape index (κ2) is 7.52. The number of methoxy groups -OCH3 is 1. The Bertz CT molecular complexity index is 958. The third kappa shape index (κ3) is 3.72. The summed E-state index contributed by atoms with van der Waals surface area (Å²) in [6, 6.07) is 12.3. The van der Waals surface area contributed by atoms with Crippen molar-refractivity contribution < 1.29 is 18.7 Å². The molecule has 3 rings (SSSR count). The van der Waals surface area contributed by atoms with Crippen LogP contribution in [0.2, 0.25) is 0 Å². The number of carbonyl (C=O) groups excluding carboxylic acids is 2. The molecule has 7 heteroatoms. The maximum Gasteiger partial charge on any atom is 0.339 e. The summed E-state index contributed by atoms with van der Waals surface area (Å²) in [5.41, 5.74) is 1.26. The molecule has 0 unspecified atom stereocenters. The Morgan fingerprint density at radius 3 is 2.46 bits per heavy atom. The molecule has 0 aliphatic rings. The molecule has 0 aliphatic carbocycles. The Morgan fingerprint density at radius 2 is 1.77 bits per heavy atom. The summed E-state index contributed by atoms with van der Waals surface area (Å²) in [7, 11) is 1.26. The van der Waals surface area contributed by atoms with Gasteiger partial charge >= 0.3 is 5.97 Å². The van der Waals surface area contributed by atoms with E-state index in [-0.39, 0.29) is 11.1 Å². The zero-order valence-corrected chi connectivity index (χ0v) is 13.8. The molecule has 0 saturated heterocycles. The van der Waals surface area contributed by atoms with Gasteiger partial charge in [-0.05, 0) is 24.3 Å². The number of nitrogens with one attached hydrogen (secondary N) is 1. The molecule has 1 aromatic heterocycles. The van der Waals surface area contributed by atoms with Crippen LogP contribution in [0.25, 0.3) is 11.4 Å². The van der Waals surface area contributed by atoms with Crippen molar-refractivity contribution in [1.82, 2.24) is 9.97 Å². The van der Waals surface area contributed by atoms with E-state index >= 15 is 0 Å². The molecule has 1 amide bonds. The second-order valence-electron chi connectivity index (χ2n) is 5.30. The summed E-state index contributed by atoms with van der Waals surface area (Å²) in [6.07, 6.45) is 2.67. The van der Waals surface area contributed by atoms with Crippen molar-refractivity contribution in [2.45, 2.75) is 0 Å². The topological polar surface area (TPSA) is 81.2 Å². The molecule has 1 N–H and O–H groups in total. The Hall–Kier alpha value is -3.61. The fourth-order valence-electron chi connectivity index (χ4n) is 2.30. The van der Waals surface area contributed by atoms with E-state index in [0.29, 0.717) is 17.1 Å². The Balaban J connectivity index is 1.80. The lowest BCUT2D eigenvalue weighted by Crippen LogP contribution is -2.16. The van der Waals surface area contributed by atoms with Crippen molar-refractivity contribution in [1.29, 1.82) is 0 Å². The molecule has 0 saturated carbocycles. The first-order valence-electron chi connectivity index (χ1n) is 7.65. The molecule has 6 nitrogen and oxygen atoms in total. The number of anilines is 1. The molecule has 2 aromatic carbocycles. The highest BCUT2D eigenvalue weighted by Gasteiger charge is 2.15. The number of hydrogen-bond donors (Lipinski definition) is 1. The lowest BCUT2D eigenvalue weighted by atomic mass is 10.1. The van der Waals surface area contributed by atoms with E-state index in [4.69, 9.17) is 4.74 Å². The number of carbonyl (C=O) groups is 2. The smallest absolute Gasteiger partial charge is 0.339 e. The van der Waals surface area contributed by atoms with Gasteiger partial charge in [-0.3, -0.25) is 4.79 Å². The predicted octanol–water partition coefficient (Wildman–Crippen LogP) is 3.32. The third-order valence-corrected chi connectivity index (χ3v) is 3.58. The van der Waals surface area contributed by atoms with Gasteiger partial charge in [-0.25, -0.2) is 19.2 Å². The molecule has 3 aromatic rings. The third-order valence-electron chi connectivity index (χ3n) is 3.58. The summed E-state index contributed by atoms with van der Waals surface area (Å²) >= 11 is 0. The maximum absolute atomic E-state index is 13.3. The second-order valence-corrected chi connectivity index (χ2v) is 5.30. The number of ether oxygens (including phenoxy) is 1. The first-order chi connectivity index (χ1) is 12.6. The number of para-hydroxylation sites is 1. The zero-order chi connectivity index (χ0) is 18.5. The number of benzene rings is 2. The van der Waals surface area contributed by atoms with Gasteiger partial charge in [0.15, 0.2) is 5.82 Å². The van der Waals surface area contributed by atoms with Crippen LogP contribution in [0, 0.1) is 5.82 Å². The molecule has 0 radical (unpaired) electrons. The van der Waals surface area contributed by atoms with Gasteiger partial charge in [0.25, 0.3) is 5.91 Å². The summed E-state index contributed by atoms with van der Waals surface area (Å²) in [5, 5.41) is 2.63. The standard InChI is InChI=1S/C19H14FN3O3/c1-26-19(25)15-7-2-3-8-16(15)23-18(24)13-10-21-17(22-11-13)12-5-4-6-14(20)9-12/h2-11H,1H3,(H,23,24). The van der Waals surface area contributed by atoms with Crippen LogP contribution in [-0.4, -0.2) is 29.0 Å². The van der Waals surface area contributed by atoms with E-state index in [2.05, 4.69) is 15.3 Å². The van der Waals surface area contributed by atoms with E-state index in [0.717, 1.165) is 0 Å². The number of nitrogens with zero attached hydrogens (tertiary/aromatic N) is 2. The molecule has 0 aliphatic heterocycles. The largest absolute Gasteiger partial charge is 0.465 e. The summed E-state index contributed by atoms with van der Waals surface area (Å²) in [6.45, 7) is 0. The monoisotopic (exact) mass is 351 g/mol. The normalized spacial score (nSPS) is 10.2. The molecule has 0 atom stereocenters. The van der Waals surface area contributed by atoms with Crippen LogP contribution in [-0.2, 0) is 4.74 Å². The molecule has 0 bridgehead atoms. The van der Waals surface area contributed by atoms with Crippen molar-refractivity contribution in [3.63, 3.8) is 0 Å². The zero-order valence-electron chi connectivity index (χ0n) is 13.8. The van der Waals surface area contributed by atoms with Crippen molar-refractivity contribution in [2.75, 3.05) is 12.4 Å². The van der Waals surface area contributed by atoms with Crippen LogP contribution >= 0.6 is 0 Å². The van der Waals surface area contributed by atoms with Crippen molar-refractivity contribution in [3.05, 3.63) is 77.9 Å². The fourth-order valence-corrected chi connectivity index (χ4v) is 2.30. The molecular formula is C19H14FN3O3. The van der Waals surface area contributed by atoms with Crippen molar-refractivity contribution in [3.8, 4) is 11.4 Å². The Morgan fingerprint density at radius 1 is 1.04 bits per heavy atom. The first kappa shape index (κ1) is 17.2. The number of esters is 1. The fraction of sp³-hybridized carbons (Fsp3) is 0.0526. The SMILES string of the molecule is COC(=O)c1ccccc1NC(=O)c1cnc(-c2cccc(F)c2)nc1. The molecule has 0 spiro atoms. The van der Waals surface area contributed by atoms with Gasteiger partial charge in [0.1, 0.15) is 5.82 Å². The predicted molar refractivity (Wildman–Crippen MR) is 93.2 cm³/mol. The van der Waals surface area contributed by atoms with Crippen molar-refractivity contribution >= 4 is 17.6 Å². The van der Waals surface area contributed by atoms with Crippen LogP contribution in [0.5, 0.6) is 0 Å². The van der Waals surface area contributed by atoms with Crippen LogP contribution < -0.4 is 5.32 Å². The average Bonchev–Trinajstić information content (AvgIpc) is 2.68. The van der Waals surface area contributed by atoms with Gasteiger partial charge in [0.2, 0.25) is 0 Å². The summed E-state index contributed by atoms with van der Waals surface area (Å²) in [5.74, 6) is -1.13. The first-order valence-corrected chi connectivity index (χ1v) is 7.65. The number of hydrogen-bond acceptors (Lipinski definition) is 5. The number of rotatable bonds is 4. The maximum atomic E-state index is 13.3. The highest BCUT2D eigenvalue weighted by atomic mass is 19.1. The van der Waals surface area contributed by atoms with Gasteiger partial charge in [0.05, 0.1) is 23.9 Å². The quantitative estimate of drug-likeness (QED) is 0.729. The van der Waals surface area contributed by atoms with Crippen LogP contribution in [0.3, 0.4) is 0 Å². The van der Waals surface area contributed by atoms with Gasteiger partial charge < -0.3 is 10.1 Å². The van der Waals surface area contributed by atoms with Crippen LogP contribution in [0.15, 0.2) is 60.9 Å². The lowest BCUT2D eigenvalue weighted by molar-refractivity contribution is 0.0602. The summed E-state index contributed by atoms with van der Waals surface area (Å²) in [4.78, 5) is 32.3. The highest BCUT2D eigenvalue weighted by molar-refractivity contribution is 6.07. The minimum absolute atomic E-state index is 0.199. The minimum atomic E-state index is -0.557. The molecule has 130 valence electrons. The number of halogens is 1. The van der Waals surface area contributed by atoms with Gasteiger partial charge in [-0.15, -0.1) is 0 Å². The lowest BCUT2D eigenvalue weighted by Gasteiger charge is -2.09. The van der Waals surface area contributed by atoms with E-state index in [1.165, 1.54) is 31.6 Å². The van der Waals surface area contributed by atoms with Gasteiger partial charge in [0, 0.05) is 18.0 Å². The Labute approximate surface area is 148 Å².